The van der Waals surface area contributed by atoms with Crippen molar-refractivity contribution in [2.45, 2.75) is 25.2 Å². The van der Waals surface area contributed by atoms with Crippen molar-refractivity contribution in [2.75, 3.05) is 24.2 Å². The van der Waals surface area contributed by atoms with Gasteiger partial charge < -0.3 is 10.6 Å². The molecule has 0 atom stereocenters. The van der Waals surface area contributed by atoms with Gasteiger partial charge in [0, 0.05) is 30.5 Å². The van der Waals surface area contributed by atoms with E-state index in [0.29, 0.717) is 11.7 Å². The van der Waals surface area contributed by atoms with E-state index >= 15 is 0 Å². The number of rotatable bonds is 5. The molecule has 1 aliphatic carbocycles. The predicted octanol–water partition coefficient (Wildman–Crippen LogP) is 2.68. The lowest BCUT2D eigenvalue weighted by Crippen LogP contribution is -2.22. The third kappa shape index (κ3) is 3.04. The molecule has 0 saturated heterocycles. The number of anilines is 2. The lowest BCUT2D eigenvalue weighted by atomic mass is 10.3. The van der Waals surface area contributed by atoms with Crippen molar-refractivity contribution < 1.29 is 0 Å². The van der Waals surface area contributed by atoms with Gasteiger partial charge in [0.15, 0.2) is 0 Å². The van der Waals surface area contributed by atoms with Crippen LogP contribution in [-0.4, -0.2) is 23.6 Å². The van der Waals surface area contributed by atoms with E-state index in [2.05, 4.69) is 39.4 Å². The Balaban J connectivity index is 1.69. The number of nitrogen functional groups attached to an aromatic ring is 1. The van der Waals surface area contributed by atoms with Crippen LogP contribution in [0.1, 0.15) is 29.5 Å². The number of likely N-dealkylation sites (N-methyl/N-ethyl adjacent to an activating group) is 1. The summed E-state index contributed by atoms with van der Waals surface area (Å²) in [5, 5.41) is 2.11. The van der Waals surface area contributed by atoms with Gasteiger partial charge in [-0.25, -0.2) is 9.97 Å². The maximum Gasteiger partial charge on any atom is 0.136 e. The quantitative estimate of drug-likeness (QED) is 0.910. The second kappa shape index (κ2) is 5.17. The first kappa shape index (κ1) is 12.4. The molecule has 0 unspecified atom stereocenters. The topological polar surface area (TPSA) is 55.0 Å². The fraction of sp³-hybridized carbons (Fsp3) is 0.429. The lowest BCUT2D eigenvalue weighted by molar-refractivity contribution is 0.842. The van der Waals surface area contributed by atoms with Crippen molar-refractivity contribution in [1.82, 2.24) is 9.97 Å². The Morgan fingerprint density at radius 3 is 2.95 bits per heavy atom. The predicted molar refractivity (Wildman–Crippen MR) is 79.7 cm³/mol. The minimum atomic E-state index is 0.535. The molecule has 100 valence electrons. The highest BCUT2D eigenvalue weighted by Gasteiger charge is 2.27. The first-order chi connectivity index (χ1) is 9.22. The summed E-state index contributed by atoms with van der Waals surface area (Å²) < 4.78 is 0. The first-order valence-corrected chi connectivity index (χ1v) is 7.48. The van der Waals surface area contributed by atoms with Crippen molar-refractivity contribution in [3.05, 3.63) is 34.3 Å². The van der Waals surface area contributed by atoms with E-state index in [0.717, 1.165) is 24.6 Å². The van der Waals surface area contributed by atoms with Crippen LogP contribution in [0.4, 0.5) is 11.6 Å². The first-order valence-electron chi connectivity index (χ1n) is 6.60. The molecule has 2 aromatic heterocycles. The summed E-state index contributed by atoms with van der Waals surface area (Å²) in [7, 11) is 2.06. The van der Waals surface area contributed by atoms with Crippen LogP contribution in [0.2, 0.25) is 0 Å². The van der Waals surface area contributed by atoms with Crippen LogP contribution in [0.5, 0.6) is 0 Å². The molecule has 0 bridgehead atoms. The summed E-state index contributed by atoms with van der Waals surface area (Å²) >= 11 is 1.80. The van der Waals surface area contributed by atoms with Gasteiger partial charge in [0.1, 0.15) is 17.5 Å². The van der Waals surface area contributed by atoms with Gasteiger partial charge in [0.05, 0.1) is 0 Å². The SMILES string of the molecule is CN(CCc1cccs1)c1cc(N)nc(C2CC2)n1. The number of nitrogens with two attached hydrogens (primary N) is 1. The van der Waals surface area contributed by atoms with Gasteiger partial charge >= 0.3 is 0 Å². The van der Waals surface area contributed by atoms with Gasteiger partial charge in [0.2, 0.25) is 0 Å². The fourth-order valence-corrected chi connectivity index (χ4v) is 2.74. The molecule has 0 amide bonds. The molecule has 5 heteroatoms. The maximum absolute atomic E-state index is 5.88. The van der Waals surface area contributed by atoms with E-state index in [1.807, 2.05) is 6.07 Å². The Morgan fingerprint density at radius 2 is 2.26 bits per heavy atom. The van der Waals surface area contributed by atoms with E-state index in [1.165, 1.54) is 17.7 Å². The zero-order valence-corrected chi connectivity index (χ0v) is 11.9. The largest absolute Gasteiger partial charge is 0.384 e. The summed E-state index contributed by atoms with van der Waals surface area (Å²) in [6.07, 6.45) is 3.43. The van der Waals surface area contributed by atoms with Gasteiger partial charge in [0.25, 0.3) is 0 Å². The highest BCUT2D eigenvalue weighted by Crippen LogP contribution is 2.38. The van der Waals surface area contributed by atoms with Crippen molar-refractivity contribution in [3.8, 4) is 0 Å². The second-order valence-electron chi connectivity index (χ2n) is 5.03. The summed E-state index contributed by atoms with van der Waals surface area (Å²) in [5.41, 5.74) is 5.88. The standard InChI is InChI=1S/C14H18N4S/c1-18(7-6-11-3-2-8-19-11)13-9-12(15)16-14(17-13)10-4-5-10/h2-3,8-10H,4-7H2,1H3,(H2,15,16,17). The second-order valence-corrected chi connectivity index (χ2v) is 6.07. The molecular weight excluding hydrogens is 256 g/mol. The smallest absolute Gasteiger partial charge is 0.136 e. The van der Waals surface area contributed by atoms with E-state index in [9.17, 15) is 0 Å². The molecule has 1 aliphatic rings. The molecule has 0 aromatic carbocycles. The van der Waals surface area contributed by atoms with Crippen LogP contribution in [-0.2, 0) is 6.42 Å². The minimum absolute atomic E-state index is 0.535. The summed E-state index contributed by atoms with van der Waals surface area (Å²) in [5.74, 6) is 2.96. The Morgan fingerprint density at radius 1 is 1.42 bits per heavy atom. The average molecular weight is 274 g/mol. The molecule has 2 aromatic rings. The van der Waals surface area contributed by atoms with E-state index in [-0.39, 0.29) is 0 Å². The van der Waals surface area contributed by atoms with Crippen LogP contribution < -0.4 is 10.6 Å². The fourth-order valence-electron chi connectivity index (χ4n) is 2.04. The van der Waals surface area contributed by atoms with Crippen molar-refractivity contribution in [2.24, 2.45) is 0 Å². The Kier molecular flexibility index (Phi) is 3.38. The molecule has 2 N–H and O–H groups in total. The van der Waals surface area contributed by atoms with Gasteiger partial charge in [-0.3, -0.25) is 0 Å². The summed E-state index contributed by atoms with van der Waals surface area (Å²) in [6, 6.07) is 6.12. The van der Waals surface area contributed by atoms with Gasteiger partial charge in [-0.1, -0.05) is 6.07 Å². The van der Waals surface area contributed by atoms with Crippen molar-refractivity contribution in [1.29, 1.82) is 0 Å². The molecule has 0 aliphatic heterocycles. The summed E-state index contributed by atoms with van der Waals surface area (Å²) in [4.78, 5) is 12.5. The molecule has 1 fully saturated rings. The molecule has 0 radical (unpaired) electrons. The number of thiophene rings is 1. The molecule has 0 spiro atoms. The Labute approximate surface area is 117 Å². The molecule has 19 heavy (non-hydrogen) atoms. The molecular formula is C14H18N4S. The third-order valence-corrected chi connectivity index (χ3v) is 4.29. The van der Waals surface area contributed by atoms with Gasteiger partial charge in [-0.15, -0.1) is 11.3 Å². The normalized spacial score (nSPS) is 14.6. The van der Waals surface area contributed by atoms with Crippen LogP contribution in [0.3, 0.4) is 0 Å². The highest BCUT2D eigenvalue weighted by atomic mass is 32.1. The van der Waals surface area contributed by atoms with E-state index in [4.69, 9.17) is 5.73 Å². The Hall–Kier alpha value is -1.62. The third-order valence-electron chi connectivity index (χ3n) is 3.36. The minimum Gasteiger partial charge on any atom is -0.384 e. The van der Waals surface area contributed by atoms with Crippen molar-refractivity contribution >= 4 is 23.0 Å². The van der Waals surface area contributed by atoms with Crippen LogP contribution in [0.15, 0.2) is 23.6 Å². The van der Waals surface area contributed by atoms with Crippen LogP contribution in [0, 0.1) is 0 Å². The lowest BCUT2D eigenvalue weighted by Gasteiger charge is -2.18. The van der Waals surface area contributed by atoms with Crippen LogP contribution >= 0.6 is 11.3 Å². The van der Waals surface area contributed by atoms with Gasteiger partial charge in [-0.05, 0) is 30.7 Å². The zero-order chi connectivity index (χ0) is 13.2. The summed E-state index contributed by atoms with van der Waals surface area (Å²) in [6.45, 7) is 0.946. The number of aromatic nitrogens is 2. The monoisotopic (exact) mass is 274 g/mol. The van der Waals surface area contributed by atoms with E-state index < -0.39 is 0 Å². The molecule has 2 heterocycles. The Bertz CT molecular complexity index is 549. The maximum atomic E-state index is 5.88. The van der Waals surface area contributed by atoms with Crippen molar-refractivity contribution in [3.63, 3.8) is 0 Å². The van der Waals surface area contributed by atoms with E-state index in [1.54, 1.807) is 11.3 Å². The zero-order valence-electron chi connectivity index (χ0n) is 11.0. The van der Waals surface area contributed by atoms with Gasteiger partial charge in [-0.2, -0.15) is 0 Å². The number of nitrogens with zero attached hydrogens (tertiary/aromatic N) is 3. The van der Waals surface area contributed by atoms with Crippen LogP contribution in [0.25, 0.3) is 0 Å². The molecule has 1 saturated carbocycles. The molecule has 3 rings (SSSR count). The molecule has 4 nitrogen and oxygen atoms in total. The highest BCUT2D eigenvalue weighted by molar-refractivity contribution is 7.09. The average Bonchev–Trinajstić information content (AvgIpc) is 3.13. The number of hydrogen-bond acceptors (Lipinski definition) is 5. The number of hydrogen-bond donors (Lipinski definition) is 1.